The van der Waals surface area contributed by atoms with E-state index >= 15 is 0 Å². The Bertz CT molecular complexity index is 14.4. The molecule has 0 atom stereocenters. The van der Waals surface area contributed by atoms with Gasteiger partial charge in [0, 0.05) is 0 Å². The van der Waals surface area contributed by atoms with Crippen molar-refractivity contribution in [3.8, 4) is 0 Å². The summed E-state index contributed by atoms with van der Waals surface area (Å²) in [7, 11) is 3.33. The standard InChI is InChI=1S/C2H7N.ClH/c1-3-2;/h3H,1-2H3;1H/i/hD. The van der Waals surface area contributed by atoms with E-state index < -0.39 is 0 Å². The first kappa shape index (κ1) is 4.25. The molecular formula is C2H8ClN. The minimum absolute atomic E-state index is 0. The largest absolute Gasteiger partial charge is 0.323 e. The molecule has 0 unspecified atom stereocenters. The van der Waals surface area contributed by atoms with E-state index in [4.69, 9.17) is 1.41 Å². The lowest BCUT2D eigenvalue weighted by Gasteiger charge is -1.59. The lowest BCUT2D eigenvalue weighted by molar-refractivity contribution is 1.02. The van der Waals surface area contributed by atoms with Gasteiger partial charge in [-0.25, -0.2) is 0 Å². The van der Waals surface area contributed by atoms with Gasteiger partial charge in [-0.05, 0) is 14.1 Å². The number of rotatable bonds is 0. The van der Waals surface area contributed by atoms with Crippen LogP contribution in [0.3, 0.4) is 0 Å². The van der Waals surface area contributed by atoms with Crippen LogP contribution in [0.5, 0.6) is 0 Å². The van der Waals surface area contributed by atoms with E-state index in [1.54, 1.807) is 14.1 Å². The molecule has 0 heterocycles. The van der Waals surface area contributed by atoms with Crippen molar-refractivity contribution >= 4 is 12.4 Å². The molecule has 0 fully saturated rings. The van der Waals surface area contributed by atoms with Gasteiger partial charge in [0.1, 0.15) is 1.41 Å². The van der Waals surface area contributed by atoms with Gasteiger partial charge < -0.3 is 5.31 Å². The molecule has 0 spiro atoms. The predicted molar refractivity (Wildman–Crippen MR) is 22.2 cm³/mol. The zero-order valence-electron chi connectivity index (χ0n) is 3.86. The van der Waals surface area contributed by atoms with Gasteiger partial charge in [0.25, 0.3) is 0 Å². The molecule has 0 saturated heterocycles. The Morgan fingerprint density at radius 2 is 1.75 bits per heavy atom. The number of hydrogen-bond donors (Lipinski definition) is 1. The van der Waals surface area contributed by atoms with Crippen LogP contribution in [-0.2, 0) is 0 Å². The van der Waals surface area contributed by atoms with Gasteiger partial charge >= 0.3 is 0 Å². The molecule has 0 aliphatic heterocycles. The van der Waals surface area contributed by atoms with E-state index in [1.807, 2.05) is 0 Å². The van der Waals surface area contributed by atoms with Gasteiger partial charge in [0.15, 0.2) is 0 Å². The zero-order valence-corrected chi connectivity index (χ0v) is 3.67. The molecule has 2 heteroatoms. The zero-order chi connectivity index (χ0) is 3.58. The Morgan fingerprint density at radius 3 is 1.75 bits per heavy atom. The lowest BCUT2D eigenvalue weighted by atomic mass is 11.3. The monoisotopic (exact) mass is 82.0 g/mol. The van der Waals surface area contributed by atoms with Crippen LogP contribution in [0.4, 0.5) is 0 Å². The van der Waals surface area contributed by atoms with Gasteiger partial charge in [-0.15, -0.1) is 12.4 Å². The highest BCUT2D eigenvalue weighted by Crippen LogP contribution is 0.981. The topological polar surface area (TPSA) is 12.0 Å². The Morgan fingerprint density at radius 1 is 1.75 bits per heavy atom. The first-order chi connectivity index (χ1) is 1.73. The van der Waals surface area contributed by atoms with Crippen LogP contribution in [-0.4, -0.2) is 14.1 Å². The maximum absolute atomic E-state index is 6.42. The van der Waals surface area contributed by atoms with Crippen molar-refractivity contribution in [2.24, 2.45) is 0 Å². The van der Waals surface area contributed by atoms with Crippen molar-refractivity contribution < 1.29 is 1.41 Å². The van der Waals surface area contributed by atoms with Crippen molar-refractivity contribution in [2.75, 3.05) is 14.1 Å². The summed E-state index contributed by atoms with van der Waals surface area (Å²) in [5.74, 6) is 0. The average molecular weight is 82.6 g/mol. The number of hydrogen-bond acceptors (Lipinski definition) is 1. The third-order valence-electron chi connectivity index (χ3n) is 0. The molecule has 0 amide bonds. The van der Waals surface area contributed by atoms with E-state index in [-0.39, 0.29) is 12.4 Å². The van der Waals surface area contributed by atoms with Crippen molar-refractivity contribution in [2.45, 2.75) is 0 Å². The maximum Gasteiger partial charge on any atom is 0.122 e. The molecule has 0 radical (unpaired) electrons. The Hall–Kier alpha value is 0.250. The molecule has 0 aromatic heterocycles. The highest BCUT2D eigenvalue weighted by Gasteiger charge is 1.25. The van der Waals surface area contributed by atoms with Crippen LogP contribution >= 0.6 is 12.4 Å². The Balaban J connectivity index is 0. The van der Waals surface area contributed by atoms with Crippen LogP contribution in [0.2, 0.25) is 1.41 Å². The maximum atomic E-state index is 6.42. The summed E-state index contributed by atoms with van der Waals surface area (Å²) in [6.45, 7) is 0. The van der Waals surface area contributed by atoms with Crippen molar-refractivity contribution in [3.05, 3.63) is 0 Å². The number of halogens is 1. The third-order valence-corrected chi connectivity index (χ3v) is 0. The molecule has 1 N–H and O–H groups in total. The van der Waals surface area contributed by atoms with Crippen molar-refractivity contribution in [3.63, 3.8) is 0 Å². The van der Waals surface area contributed by atoms with E-state index in [0.29, 0.717) is 0 Å². The van der Waals surface area contributed by atoms with Crippen LogP contribution in [0.25, 0.3) is 0 Å². The Kier molecular flexibility index (Phi) is 11.2. The molecule has 0 aliphatic carbocycles. The molecule has 0 bridgehead atoms. The SMILES string of the molecule is Cl.[2H]N(C)C. The van der Waals surface area contributed by atoms with E-state index in [2.05, 4.69) is 0 Å². The van der Waals surface area contributed by atoms with Crippen molar-refractivity contribution in [1.82, 2.24) is 5.31 Å². The van der Waals surface area contributed by atoms with Crippen molar-refractivity contribution in [1.29, 1.82) is 0 Å². The minimum Gasteiger partial charge on any atom is -0.323 e. The van der Waals surface area contributed by atoms with Gasteiger partial charge in [-0.1, -0.05) is 0 Å². The summed E-state index contributed by atoms with van der Waals surface area (Å²) in [5, 5.41) is 1.25. The highest BCUT2D eigenvalue weighted by atomic mass is 35.5. The molecule has 0 saturated carbocycles. The average Bonchev–Trinajstić information content (AvgIpc) is 0.811. The highest BCUT2D eigenvalue weighted by molar-refractivity contribution is 5.85. The summed E-state index contributed by atoms with van der Waals surface area (Å²) >= 11 is 0. The van der Waals surface area contributed by atoms with E-state index in [1.165, 1.54) is 5.31 Å². The number of nitrogens with one attached hydrogen (secondary N) is 1. The summed E-state index contributed by atoms with van der Waals surface area (Å²) in [6, 6.07) is 0. The first-order valence-corrected chi connectivity index (χ1v) is 0.894. The molecule has 0 rings (SSSR count). The summed E-state index contributed by atoms with van der Waals surface area (Å²) < 4.78 is 6.42. The summed E-state index contributed by atoms with van der Waals surface area (Å²) in [4.78, 5) is 0. The predicted octanol–water partition coefficient (Wildman–Crippen LogP) is 0.257. The van der Waals surface area contributed by atoms with Gasteiger partial charge in [0.05, 0.1) is 0 Å². The first-order valence-electron chi connectivity index (χ1n) is 1.34. The smallest absolute Gasteiger partial charge is 0.122 e. The lowest BCUT2D eigenvalue weighted by Crippen LogP contribution is -1.89. The Labute approximate surface area is 34.3 Å². The quantitative estimate of drug-likeness (QED) is 0.442. The fraction of sp³-hybridized carbons (Fsp3) is 1.00. The van der Waals surface area contributed by atoms with Gasteiger partial charge in [-0.2, -0.15) is 0 Å². The van der Waals surface area contributed by atoms with Gasteiger partial charge in [-0.3, -0.25) is 0 Å². The normalized spacial score (nSPS) is 9.25. The second kappa shape index (κ2) is 10.5. The molecule has 4 heavy (non-hydrogen) atoms. The molecule has 28 valence electrons. The third kappa shape index (κ3) is 56.3. The molecular weight excluding hydrogens is 73.5 g/mol. The fourth-order valence-corrected chi connectivity index (χ4v) is 0. The molecule has 0 aromatic carbocycles. The van der Waals surface area contributed by atoms with E-state index in [0.717, 1.165) is 0 Å². The fourth-order valence-electron chi connectivity index (χ4n) is 0. The molecule has 0 aliphatic rings. The van der Waals surface area contributed by atoms with Crippen LogP contribution in [0.1, 0.15) is 0 Å². The van der Waals surface area contributed by atoms with Crippen LogP contribution in [0.15, 0.2) is 0 Å². The summed E-state index contributed by atoms with van der Waals surface area (Å²) in [6.07, 6.45) is 0. The van der Waals surface area contributed by atoms with Crippen LogP contribution < -0.4 is 5.31 Å². The minimum atomic E-state index is 0. The van der Waals surface area contributed by atoms with Crippen LogP contribution in [0, 0.1) is 0 Å². The summed E-state index contributed by atoms with van der Waals surface area (Å²) in [5.41, 5.74) is 0. The molecule has 0 aromatic rings. The second-order valence-electron chi connectivity index (χ2n) is 0.447. The second-order valence-corrected chi connectivity index (χ2v) is 0.447. The molecule has 1 nitrogen and oxygen atoms in total. The van der Waals surface area contributed by atoms with Gasteiger partial charge in [0.2, 0.25) is 0 Å². The van der Waals surface area contributed by atoms with E-state index in [9.17, 15) is 0 Å².